The first kappa shape index (κ1) is 20.8. The average Bonchev–Trinajstić information content (AvgIpc) is 2.46. The van der Waals surface area contributed by atoms with Crippen molar-refractivity contribution in [3.8, 4) is 0 Å². The maximum atomic E-state index is 12.3. The molecule has 9 heteroatoms. The zero-order valence-corrected chi connectivity index (χ0v) is 13.7. The summed E-state index contributed by atoms with van der Waals surface area (Å²) in [5.41, 5.74) is 10.5. The Morgan fingerprint density at radius 1 is 1.09 bits per heavy atom. The molecule has 0 fully saturated rings. The van der Waals surface area contributed by atoms with Gasteiger partial charge < -0.3 is 27.2 Å². The van der Waals surface area contributed by atoms with Crippen molar-refractivity contribution >= 4 is 23.7 Å². The minimum absolute atomic E-state index is 0.0352. The highest BCUT2D eigenvalue weighted by Crippen LogP contribution is 2.09. The molecule has 0 aliphatic heterocycles. The van der Waals surface area contributed by atoms with Crippen molar-refractivity contribution in [2.75, 3.05) is 0 Å². The highest BCUT2D eigenvalue weighted by atomic mass is 16.4. The van der Waals surface area contributed by atoms with Gasteiger partial charge in [-0.2, -0.15) is 0 Å². The van der Waals surface area contributed by atoms with E-state index in [1.54, 1.807) is 13.8 Å². The quantitative estimate of drug-likeness (QED) is 0.334. The second kappa shape index (κ2) is 9.78. The van der Waals surface area contributed by atoms with Gasteiger partial charge in [0.25, 0.3) is 0 Å². The standard InChI is InChI=1S/C14H26N4O5/c1-4-7(2)11(14(22)23)18-13(21)9(5-6-10(16)19)17-12(20)8(3)15/h7-9,11H,4-6,15H2,1-3H3,(H2,16,19)(H,17,20)(H,18,21)(H,22,23)/t7-,8-,9-,11-/m0/s1. The van der Waals surface area contributed by atoms with Crippen molar-refractivity contribution in [2.24, 2.45) is 17.4 Å². The summed E-state index contributed by atoms with van der Waals surface area (Å²) in [4.78, 5) is 46.1. The number of carboxylic acids is 1. The van der Waals surface area contributed by atoms with Gasteiger partial charge in [-0.15, -0.1) is 0 Å². The largest absolute Gasteiger partial charge is 0.480 e. The summed E-state index contributed by atoms with van der Waals surface area (Å²) in [7, 11) is 0. The van der Waals surface area contributed by atoms with Gasteiger partial charge in [0.1, 0.15) is 12.1 Å². The molecule has 0 aliphatic carbocycles. The van der Waals surface area contributed by atoms with Crippen molar-refractivity contribution in [3.63, 3.8) is 0 Å². The molecular weight excluding hydrogens is 304 g/mol. The van der Waals surface area contributed by atoms with E-state index >= 15 is 0 Å². The molecule has 0 rings (SSSR count). The van der Waals surface area contributed by atoms with E-state index in [0.717, 1.165) is 0 Å². The summed E-state index contributed by atoms with van der Waals surface area (Å²) in [6.45, 7) is 4.94. The van der Waals surface area contributed by atoms with Crippen LogP contribution in [0.2, 0.25) is 0 Å². The van der Waals surface area contributed by atoms with Crippen molar-refractivity contribution in [1.29, 1.82) is 0 Å². The Hall–Kier alpha value is -2.16. The van der Waals surface area contributed by atoms with E-state index in [1.807, 2.05) is 0 Å². The molecule has 0 spiro atoms. The molecule has 23 heavy (non-hydrogen) atoms. The monoisotopic (exact) mass is 330 g/mol. The fourth-order valence-electron chi connectivity index (χ4n) is 1.80. The summed E-state index contributed by atoms with van der Waals surface area (Å²) in [6.07, 6.45) is 0.389. The van der Waals surface area contributed by atoms with E-state index in [0.29, 0.717) is 6.42 Å². The van der Waals surface area contributed by atoms with Gasteiger partial charge in [-0.1, -0.05) is 20.3 Å². The van der Waals surface area contributed by atoms with Crippen LogP contribution in [0, 0.1) is 5.92 Å². The molecule has 0 heterocycles. The zero-order valence-electron chi connectivity index (χ0n) is 13.7. The van der Waals surface area contributed by atoms with Crippen molar-refractivity contribution in [1.82, 2.24) is 10.6 Å². The maximum absolute atomic E-state index is 12.3. The first-order valence-electron chi connectivity index (χ1n) is 7.47. The van der Waals surface area contributed by atoms with Crippen LogP contribution < -0.4 is 22.1 Å². The summed E-state index contributed by atoms with van der Waals surface area (Å²) in [5.74, 6) is -3.36. The van der Waals surface area contributed by atoms with Crippen molar-refractivity contribution in [3.05, 3.63) is 0 Å². The van der Waals surface area contributed by atoms with Gasteiger partial charge in [-0.3, -0.25) is 14.4 Å². The van der Waals surface area contributed by atoms with E-state index in [9.17, 15) is 24.3 Å². The molecule has 0 aromatic rings. The second-order valence-corrected chi connectivity index (χ2v) is 5.56. The molecule has 132 valence electrons. The lowest BCUT2D eigenvalue weighted by molar-refractivity contribution is -0.144. The van der Waals surface area contributed by atoms with Crippen molar-refractivity contribution in [2.45, 2.75) is 58.2 Å². The predicted molar refractivity (Wildman–Crippen MR) is 83.0 cm³/mol. The van der Waals surface area contributed by atoms with Gasteiger partial charge in [-0.25, -0.2) is 4.79 Å². The van der Waals surface area contributed by atoms with E-state index in [-0.39, 0.29) is 18.8 Å². The number of primary amides is 1. The molecule has 0 saturated heterocycles. The third-order valence-electron chi connectivity index (χ3n) is 3.50. The Morgan fingerprint density at radius 2 is 1.65 bits per heavy atom. The van der Waals surface area contributed by atoms with Crippen LogP contribution in [0.1, 0.15) is 40.0 Å². The van der Waals surface area contributed by atoms with Crippen LogP contribution in [0.3, 0.4) is 0 Å². The van der Waals surface area contributed by atoms with Crippen LogP contribution in [0.15, 0.2) is 0 Å². The Morgan fingerprint density at radius 3 is 2.04 bits per heavy atom. The molecule has 4 atom stereocenters. The molecule has 0 bridgehead atoms. The number of nitrogens with one attached hydrogen (secondary N) is 2. The number of rotatable bonds is 10. The van der Waals surface area contributed by atoms with Gasteiger partial charge in [0.2, 0.25) is 17.7 Å². The number of carbonyl (C=O) groups excluding carboxylic acids is 3. The molecule has 3 amide bonds. The SMILES string of the molecule is CC[C@H](C)[C@H](NC(=O)[C@H](CCC(N)=O)NC(=O)[C@H](C)N)C(=O)O. The highest BCUT2D eigenvalue weighted by Gasteiger charge is 2.30. The van der Waals surface area contributed by atoms with Gasteiger partial charge >= 0.3 is 5.97 Å². The number of nitrogens with two attached hydrogens (primary N) is 2. The Kier molecular flexibility index (Phi) is 8.86. The minimum Gasteiger partial charge on any atom is -0.480 e. The third kappa shape index (κ3) is 7.59. The van der Waals surface area contributed by atoms with E-state index in [1.165, 1.54) is 6.92 Å². The number of amides is 3. The molecule has 0 aromatic heterocycles. The lowest BCUT2D eigenvalue weighted by atomic mass is 9.98. The lowest BCUT2D eigenvalue weighted by Gasteiger charge is -2.24. The predicted octanol–water partition coefficient (Wildman–Crippen LogP) is -1.30. The highest BCUT2D eigenvalue weighted by molar-refractivity contribution is 5.92. The van der Waals surface area contributed by atoms with Gasteiger partial charge in [-0.05, 0) is 19.3 Å². The Balaban J connectivity index is 5.04. The maximum Gasteiger partial charge on any atom is 0.326 e. The molecule has 0 aromatic carbocycles. The number of aliphatic carboxylic acids is 1. The summed E-state index contributed by atoms with van der Waals surface area (Å²) in [5, 5.41) is 14.0. The minimum atomic E-state index is -1.17. The van der Waals surface area contributed by atoms with Crippen LogP contribution in [0.25, 0.3) is 0 Å². The number of carboxylic acid groups (broad SMARTS) is 1. The van der Waals surface area contributed by atoms with E-state index < -0.39 is 41.8 Å². The van der Waals surface area contributed by atoms with Crippen molar-refractivity contribution < 1.29 is 24.3 Å². The molecule has 0 unspecified atom stereocenters. The fraction of sp³-hybridized carbons (Fsp3) is 0.714. The second-order valence-electron chi connectivity index (χ2n) is 5.56. The topological polar surface area (TPSA) is 165 Å². The van der Waals surface area contributed by atoms with E-state index in [4.69, 9.17) is 11.5 Å². The molecule has 0 aliphatic rings. The van der Waals surface area contributed by atoms with Gasteiger partial charge in [0.05, 0.1) is 6.04 Å². The lowest BCUT2D eigenvalue weighted by Crippen LogP contribution is -2.55. The molecule has 0 saturated carbocycles. The van der Waals surface area contributed by atoms with Gasteiger partial charge in [0, 0.05) is 6.42 Å². The first-order valence-corrected chi connectivity index (χ1v) is 7.47. The van der Waals surface area contributed by atoms with Gasteiger partial charge in [0.15, 0.2) is 0 Å². The fourth-order valence-corrected chi connectivity index (χ4v) is 1.80. The molecule has 9 nitrogen and oxygen atoms in total. The average molecular weight is 330 g/mol. The summed E-state index contributed by atoms with van der Waals surface area (Å²) >= 11 is 0. The smallest absolute Gasteiger partial charge is 0.326 e. The first-order chi connectivity index (χ1) is 10.6. The number of carbonyl (C=O) groups is 4. The summed E-state index contributed by atoms with van der Waals surface area (Å²) < 4.78 is 0. The molecule has 7 N–H and O–H groups in total. The third-order valence-corrected chi connectivity index (χ3v) is 3.50. The number of hydrogen-bond donors (Lipinski definition) is 5. The summed E-state index contributed by atoms with van der Waals surface area (Å²) in [6, 6.07) is -3.01. The van der Waals surface area contributed by atoms with E-state index in [2.05, 4.69) is 10.6 Å². The Bertz CT molecular complexity index is 452. The number of hydrogen-bond acceptors (Lipinski definition) is 5. The molecular formula is C14H26N4O5. The van der Waals surface area contributed by atoms with Crippen LogP contribution in [0.4, 0.5) is 0 Å². The zero-order chi connectivity index (χ0) is 18.2. The van der Waals surface area contributed by atoms with Crippen LogP contribution in [-0.2, 0) is 19.2 Å². The normalized spacial score (nSPS) is 15.8. The van der Waals surface area contributed by atoms with Crippen LogP contribution in [0.5, 0.6) is 0 Å². The van der Waals surface area contributed by atoms with Crippen LogP contribution >= 0.6 is 0 Å². The Labute approximate surface area is 135 Å². The van der Waals surface area contributed by atoms with Crippen LogP contribution in [-0.4, -0.2) is 46.9 Å². The molecule has 0 radical (unpaired) electrons.